The fourth-order valence-corrected chi connectivity index (χ4v) is 2.15. The van der Waals surface area contributed by atoms with Crippen molar-refractivity contribution in [2.45, 2.75) is 5.16 Å². The first-order valence-corrected chi connectivity index (χ1v) is 5.63. The number of carboxylic acids is 1. The number of nitrogens with zero attached hydrogens (tertiary/aromatic N) is 2. The van der Waals surface area contributed by atoms with Crippen molar-refractivity contribution in [1.29, 1.82) is 0 Å². The van der Waals surface area contributed by atoms with Crippen molar-refractivity contribution >= 4 is 28.8 Å². The Balaban J connectivity index is 2.49. The van der Waals surface area contributed by atoms with E-state index in [0.717, 1.165) is 23.9 Å². The molecule has 0 spiro atoms. The molecule has 0 aliphatic rings. The van der Waals surface area contributed by atoms with E-state index >= 15 is 0 Å². The van der Waals surface area contributed by atoms with Gasteiger partial charge in [-0.2, -0.15) is 0 Å². The van der Waals surface area contributed by atoms with Crippen molar-refractivity contribution in [1.82, 2.24) is 9.55 Å². The third kappa shape index (κ3) is 2.23. The molecule has 0 atom stereocenters. The lowest BCUT2D eigenvalue weighted by atomic mass is 10.3. The maximum Gasteiger partial charge on any atom is 0.313 e. The number of carbonyl (C=O) groups is 1. The number of aliphatic carboxylic acids is 1. The molecule has 1 aromatic carbocycles. The van der Waals surface area contributed by atoms with Gasteiger partial charge in [-0.3, -0.25) is 4.79 Å². The number of thioether (sulfide) groups is 1. The minimum Gasteiger partial charge on any atom is -0.481 e. The van der Waals surface area contributed by atoms with Crippen molar-refractivity contribution in [3.8, 4) is 0 Å². The number of rotatable bonds is 3. The van der Waals surface area contributed by atoms with E-state index in [0.29, 0.717) is 10.7 Å². The molecule has 4 nitrogen and oxygen atoms in total. The van der Waals surface area contributed by atoms with Gasteiger partial charge < -0.3 is 9.67 Å². The average molecular weight is 258 g/mol. The van der Waals surface area contributed by atoms with E-state index in [2.05, 4.69) is 4.98 Å². The predicted molar refractivity (Wildman–Crippen MR) is 59.0 cm³/mol. The number of hydrogen-bond acceptors (Lipinski definition) is 3. The summed E-state index contributed by atoms with van der Waals surface area (Å²) in [7, 11) is 1.58. The van der Waals surface area contributed by atoms with Gasteiger partial charge in [-0.1, -0.05) is 11.8 Å². The summed E-state index contributed by atoms with van der Waals surface area (Å²) in [6.07, 6.45) is 0. The predicted octanol–water partition coefficient (Wildman–Crippen LogP) is 2.03. The van der Waals surface area contributed by atoms with E-state index in [1.807, 2.05) is 0 Å². The molecular formula is C10H8F2N2O2S. The third-order valence-corrected chi connectivity index (χ3v) is 3.20. The van der Waals surface area contributed by atoms with Crippen LogP contribution in [0.25, 0.3) is 11.0 Å². The van der Waals surface area contributed by atoms with Crippen molar-refractivity contribution in [3.05, 3.63) is 23.8 Å². The average Bonchev–Trinajstić information content (AvgIpc) is 2.54. The van der Waals surface area contributed by atoms with Gasteiger partial charge >= 0.3 is 5.97 Å². The second-order valence-corrected chi connectivity index (χ2v) is 4.33. The number of halogens is 2. The molecule has 1 heterocycles. The molecule has 0 radical (unpaired) electrons. The van der Waals surface area contributed by atoms with Crippen LogP contribution >= 0.6 is 11.8 Å². The number of benzene rings is 1. The Kier molecular flexibility index (Phi) is 3.01. The molecular weight excluding hydrogens is 250 g/mol. The quantitative estimate of drug-likeness (QED) is 0.856. The number of fused-ring (bicyclic) bond motifs is 1. The second kappa shape index (κ2) is 4.33. The van der Waals surface area contributed by atoms with Gasteiger partial charge in [-0.25, -0.2) is 13.8 Å². The molecule has 2 rings (SSSR count). The van der Waals surface area contributed by atoms with Crippen LogP contribution in [0.4, 0.5) is 8.78 Å². The summed E-state index contributed by atoms with van der Waals surface area (Å²) in [5.74, 6) is -2.61. The van der Waals surface area contributed by atoms with Crippen molar-refractivity contribution < 1.29 is 18.7 Å². The first-order valence-electron chi connectivity index (χ1n) is 4.65. The number of carboxylic acid groups (broad SMARTS) is 1. The summed E-state index contributed by atoms with van der Waals surface area (Å²) >= 11 is 0.959. The minimum atomic E-state index is -0.992. The highest BCUT2D eigenvalue weighted by atomic mass is 32.2. The molecule has 0 aliphatic heterocycles. The Hall–Kier alpha value is -1.63. The maximum atomic E-state index is 13.4. The number of aromatic nitrogens is 2. The topological polar surface area (TPSA) is 55.1 Å². The van der Waals surface area contributed by atoms with Crippen LogP contribution in [-0.2, 0) is 11.8 Å². The normalized spacial score (nSPS) is 11.0. The van der Waals surface area contributed by atoms with Gasteiger partial charge in [0.25, 0.3) is 0 Å². The van der Waals surface area contributed by atoms with Gasteiger partial charge in [0.1, 0.15) is 11.3 Å². The Bertz CT molecular complexity index is 597. The SMILES string of the molecule is Cn1c(SCC(=O)O)nc2c(F)cc(F)cc21. The molecule has 7 heteroatoms. The highest BCUT2D eigenvalue weighted by Crippen LogP contribution is 2.25. The van der Waals surface area contributed by atoms with Gasteiger partial charge in [0.05, 0.1) is 11.3 Å². The van der Waals surface area contributed by atoms with Gasteiger partial charge in [-0.15, -0.1) is 0 Å². The Labute approximate surface area is 99.3 Å². The van der Waals surface area contributed by atoms with Crippen LogP contribution in [0.3, 0.4) is 0 Å². The molecule has 0 amide bonds. The molecule has 0 saturated heterocycles. The third-order valence-electron chi connectivity index (χ3n) is 2.19. The fraction of sp³-hybridized carbons (Fsp3) is 0.200. The van der Waals surface area contributed by atoms with Crippen LogP contribution in [0.15, 0.2) is 17.3 Å². The number of hydrogen-bond donors (Lipinski definition) is 1. The summed E-state index contributed by atoms with van der Waals surface area (Å²) in [6, 6.07) is 1.91. The highest BCUT2D eigenvalue weighted by molar-refractivity contribution is 7.99. The lowest BCUT2D eigenvalue weighted by molar-refractivity contribution is -0.133. The number of aryl methyl sites for hydroxylation is 1. The summed E-state index contributed by atoms with van der Waals surface area (Å²) in [4.78, 5) is 14.4. The molecule has 90 valence electrons. The maximum absolute atomic E-state index is 13.4. The fourth-order valence-electron chi connectivity index (χ4n) is 1.45. The van der Waals surface area contributed by atoms with Gasteiger partial charge in [0.15, 0.2) is 11.0 Å². The van der Waals surface area contributed by atoms with E-state index in [9.17, 15) is 13.6 Å². The molecule has 0 bridgehead atoms. The van der Waals surface area contributed by atoms with E-state index in [4.69, 9.17) is 5.11 Å². The zero-order valence-corrected chi connectivity index (χ0v) is 9.59. The van der Waals surface area contributed by atoms with E-state index in [-0.39, 0.29) is 11.3 Å². The second-order valence-electron chi connectivity index (χ2n) is 3.39. The van der Waals surface area contributed by atoms with Crippen molar-refractivity contribution in [3.63, 3.8) is 0 Å². The van der Waals surface area contributed by atoms with Crippen molar-refractivity contribution in [2.75, 3.05) is 5.75 Å². The zero-order valence-electron chi connectivity index (χ0n) is 8.78. The molecule has 0 aliphatic carbocycles. The van der Waals surface area contributed by atoms with Crippen LogP contribution in [0, 0.1) is 11.6 Å². The van der Waals surface area contributed by atoms with E-state index in [1.54, 1.807) is 7.05 Å². The zero-order chi connectivity index (χ0) is 12.6. The van der Waals surface area contributed by atoms with E-state index in [1.165, 1.54) is 4.57 Å². The summed E-state index contributed by atoms with van der Waals surface area (Å²) in [5.41, 5.74) is 0.345. The lowest BCUT2D eigenvalue weighted by Gasteiger charge is -1.99. The molecule has 0 unspecified atom stereocenters. The molecule has 1 N–H and O–H groups in total. The molecule has 0 fully saturated rings. The van der Waals surface area contributed by atoms with E-state index < -0.39 is 17.6 Å². The highest BCUT2D eigenvalue weighted by Gasteiger charge is 2.14. The first-order chi connectivity index (χ1) is 7.99. The van der Waals surface area contributed by atoms with Gasteiger partial charge in [-0.05, 0) is 6.07 Å². The van der Waals surface area contributed by atoms with Crippen LogP contribution in [0.1, 0.15) is 0 Å². The smallest absolute Gasteiger partial charge is 0.313 e. The van der Waals surface area contributed by atoms with Crippen LogP contribution in [0.5, 0.6) is 0 Å². The van der Waals surface area contributed by atoms with Gasteiger partial charge in [0, 0.05) is 13.1 Å². The largest absolute Gasteiger partial charge is 0.481 e. The molecule has 0 saturated carbocycles. The minimum absolute atomic E-state index is 0.0433. The molecule has 2 aromatic rings. The van der Waals surface area contributed by atoms with Gasteiger partial charge in [0.2, 0.25) is 0 Å². The van der Waals surface area contributed by atoms with Crippen LogP contribution in [-0.4, -0.2) is 26.4 Å². The lowest BCUT2D eigenvalue weighted by Crippen LogP contribution is -2.00. The first kappa shape index (κ1) is 11.8. The van der Waals surface area contributed by atoms with Crippen LogP contribution < -0.4 is 0 Å². The van der Waals surface area contributed by atoms with Crippen molar-refractivity contribution in [2.24, 2.45) is 7.05 Å². The van der Waals surface area contributed by atoms with Crippen LogP contribution in [0.2, 0.25) is 0 Å². The molecule has 1 aromatic heterocycles. The monoisotopic (exact) mass is 258 g/mol. The molecule has 17 heavy (non-hydrogen) atoms. The Morgan fingerprint density at radius 2 is 2.24 bits per heavy atom. The number of imidazole rings is 1. The summed E-state index contributed by atoms with van der Waals surface area (Å²) in [5, 5.41) is 8.89. The summed E-state index contributed by atoms with van der Waals surface area (Å²) in [6.45, 7) is 0. The summed E-state index contributed by atoms with van der Waals surface area (Å²) < 4.78 is 27.9. The standard InChI is InChI=1S/C10H8F2N2O2S/c1-14-7-3-5(11)2-6(12)9(7)13-10(14)17-4-8(15)16/h2-3H,4H2,1H3,(H,15,16). The Morgan fingerprint density at radius 1 is 1.53 bits per heavy atom. The Morgan fingerprint density at radius 3 is 2.88 bits per heavy atom.